The lowest BCUT2D eigenvalue weighted by atomic mass is 10.1. The van der Waals surface area contributed by atoms with Crippen LogP contribution in [0.1, 0.15) is 36.6 Å². The Hall–Kier alpha value is -2.62. The number of hydrogen-bond donors (Lipinski definition) is 1. The zero-order valence-corrected chi connectivity index (χ0v) is 15.2. The summed E-state index contributed by atoms with van der Waals surface area (Å²) in [4.78, 5) is 4.84. The molecule has 4 rings (SSSR count). The molecule has 2 aromatic carbocycles. The van der Waals surface area contributed by atoms with Crippen LogP contribution in [-0.2, 0) is 12.8 Å². The molecule has 1 N–H and O–H groups in total. The van der Waals surface area contributed by atoms with E-state index in [4.69, 9.17) is 9.72 Å². The minimum absolute atomic E-state index is 0.197. The van der Waals surface area contributed by atoms with Crippen molar-refractivity contribution in [2.24, 2.45) is 0 Å². The number of aromatic nitrogens is 1. The third-order valence-electron chi connectivity index (χ3n) is 4.90. The van der Waals surface area contributed by atoms with E-state index in [0.29, 0.717) is 12.2 Å². The van der Waals surface area contributed by atoms with Crippen LogP contribution in [0, 0.1) is 12.7 Å². The maximum Gasteiger partial charge on any atom is 0.128 e. The van der Waals surface area contributed by atoms with Crippen molar-refractivity contribution in [2.45, 2.75) is 39.5 Å². The second-order valence-corrected chi connectivity index (χ2v) is 6.88. The highest BCUT2D eigenvalue weighted by molar-refractivity contribution is 5.96. The highest BCUT2D eigenvalue weighted by Gasteiger charge is 2.20. The first-order chi connectivity index (χ1) is 12.7. The van der Waals surface area contributed by atoms with E-state index in [-0.39, 0.29) is 5.82 Å². The van der Waals surface area contributed by atoms with Gasteiger partial charge in [0.25, 0.3) is 0 Å². The van der Waals surface area contributed by atoms with Crippen molar-refractivity contribution in [3.05, 3.63) is 59.0 Å². The number of nitrogens with zero attached hydrogens (tertiary/aromatic N) is 1. The molecule has 0 bridgehead atoms. The Labute approximate surface area is 153 Å². The lowest BCUT2D eigenvalue weighted by Gasteiger charge is -2.16. The van der Waals surface area contributed by atoms with Crippen LogP contribution < -0.4 is 10.1 Å². The molecule has 1 aromatic heterocycles. The summed E-state index contributed by atoms with van der Waals surface area (Å²) in [7, 11) is 0. The minimum atomic E-state index is -0.197. The van der Waals surface area contributed by atoms with E-state index in [1.165, 1.54) is 5.56 Å². The van der Waals surface area contributed by atoms with Crippen LogP contribution in [0.2, 0.25) is 0 Å². The zero-order valence-electron chi connectivity index (χ0n) is 15.2. The molecule has 0 saturated carbocycles. The van der Waals surface area contributed by atoms with Gasteiger partial charge < -0.3 is 10.1 Å². The number of fused-ring (bicyclic) bond motifs is 2. The average Bonchev–Trinajstić information content (AvgIpc) is 3.11. The van der Waals surface area contributed by atoms with E-state index in [9.17, 15) is 4.39 Å². The lowest BCUT2D eigenvalue weighted by molar-refractivity contribution is 0.318. The maximum absolute atomic E-state index is 14.0. The van der Waals surface area contributed by atoms with Gasteiger partial charge in [-0.3, -0.25) is 4.98 Å². The van der Waals surface area contributed by atoms with Crippen LogP contribution in [0.4, 0.5) is 15.8 Å². The molecule has 3 nitrogen and oxygen atoms in total. The van der Waals surface area contributed by atoms with Gasteiger partial charge in [-0.15, -0.1) is 0 Å². The summed E-state index contributed by atoms with van der Waals surface area (Å²) in [6.07, 6.45) is 4.06. The van der Waals surface area contributed by atoms with Crippen LogP contribution in [0.3, 0.4) is 0 Å². The van der Waals surface area contributed by atoms with Gasteiger partial charge >= 0.3 is 0 Å². The maximum atomic E-state index is 14.0. The normalized spacial score (nSPS) is 13.0. The Morgan fingerprint density at radius 2 is 2.04 bits per heavy atom. The topological polar surface area (TPSA) is 34.1 Å². The van der Waals surface area contributed by atoms with Crippen molar-refractivity contribution in [3.8, 4) is 5.75 Å². The first-order valence-electron chi connectivity index (χ1n) is 9.27. The fourth-order valence-corrected chi connectivity index (χ4v) is 3.51. The number of rotatable bonds is 5. The highest BCUT2D eigenvalue weighted by Crippen LogP contribution is 2.37. The van der Waals surface area contributed by atoms with Crippen LogP contribution in [0.25, 0.3) is 10.9 Å². The summed E-state index contributed by atoms with van der Waals surface area (Å²) in [5.74, 6) is 0.647. The van der Waals surface area contributed by atoms with Crippen LogP contribution in [0.5, 0.6) is 5.75 Å². The molecule has 0 saturated heterocycles. The largest absolute Gasteiger partial charge is 0.494 e. The van der Waals surface area contributed by atoms with Crippen molar-refractivity contribution in [1.82, 2.24) is 4.98 Å². The SMILES string of the molecule is CCCOc1ccc2nc3c(c(Nc4ccc(C)c(F)c4)c2c1)CCC3. The Kier molecular flexibility index (Phi) is 4.49. The monoisotopic (exact) mass is 350 g/mol. The molecule has 1 aliphatic carbocycles. The summed E-state index contributed by atoms with van der Waals surface area (Å²) in [6.45, 7) is 4.56. The molecule has 0 fully saturated rings. The fraction of sp³-hybridized carbons (Fsp3) is 0.318. The van der Waals surface area contributed by atoms with Gasteiger partial charge in [-0.25, -0.2) is 4.39 Å². The van der Waals surface area contributed by atoms with Gasteiger partial charge in [0, 0.05) is 16.8 Å². The smallest absolute Gasteiger partial charge is 0.128 e. The molecule has 0 aliphatic heterocycles. The number of pyridine rings is 1. The number of anilines is 2. The van der Waals surface area contributed by atoms with Crippen LogP contribution in [-0.4, -0.2) is 11.6 Å². The first-order valence-corrected chi connectivity index (χ1v) is 9.27. The number of halogens is 1. The first kappa shape index (κ1) is 16.8. The van der Waals surface area contributed by atoms with Crippen molar-refractivity contribution < 1.29 is 9.13 Å². The van der Waals surface area contributed by atoms with E-state index >= 15 is 0 Å². The second-order valence-electron chi connectivity index (χ2n) is 6.88. The summed E-state index contributed by atoms with van der Waals surface area (Å²) < 4.78 is 19.8. The molecule has 1 aliphatic rings. The van der Waals surface area contributed by atoms with E-state index in [1.54, 1.807) is 19.1 Å². The number of nitrogens with one attached hydrogen (secondary N) is 1. The standard InChI is InChI=1S/C22H23FN2O/c1-3-11-26-16-9-10-21-18(13-16)22(17-5-4-6-20(17)25-21)24-15-8-7-14(2)19(23)12-15/h7-10,12-13H,3-6,11H2,1-2H3,(H,24,25). The van der Waals surface area contributed by atoms with E-state index < -0.39 is 0 Å². The fourth-order valence-electron chi connectivity index (χ4n) is 3.51. The number of benzene rings is 2. The van der Waals surface area contributed by atoms with Gasteiger partial charge in [0.1, 0.15) is 11.6 Å². The summed E-state index contributed by atoms with van der Waals surface area (Å²) in [5, 5.41) is 4.49. The Morgan fingerprint density at radius 3 is 2.85 bits per heavy atom. The second kappa shape index (κ2) is 6.94. The van der Waals surface area contributed by atoms with E-state index in [1.807, 2.05) is 24.3 Å². The van der Waals surface area contributed by atoms with Gasteiger partial charge in [0.05, 0.1) is 17.8 Å². The predicted molar refractivity (Wildman–Crippen MR) is 104 cm³/mol. The predicted octanol–water partition coefficient (Wildman–Crippen LogP) is 5.70. The number of aryl methyl sites for hydroxylation is 2. The number of ether oxygens (including phenoxy) is 1. The summed E-state index contributed by atoms with van der Waals surface area (Å²) in [6, 6.07) is 11.3. The van der Waals surface area contributed by atoms with Gasteiger partial charge in [0.2, 0.25) is 0 Å². The molecule has 0 unspecified atom stereocenters. The molecular formula is C22H23FN2O. The van der Waals surface area contributed by atoms with Gasteiger partial charge in [-0.2, -0.15) is 0 Å². The van der Waals surface area contributed by atoms with Gasteiger partial charge in [-0.1, -0.05) is 13.0 Å². The summed E-state index contributed by atoms with van der Waals surface area (Å²) in [5.41, 5.74) is 5.78. The third kappa shape index (κ3) is 3.12. The van der Waals surface area contributed by atoms with Crippen molar-refractivity contribution >= 4 is 22.3 Å². The molecule has 26 heavy (non-hydrogen) atoms. The Morgan fingerprint density at radius 1 is 1.15 bits per heavy atom. The molecule has 134 valence electrons. The third-order valence-corrected chi connectivity index (χ3v) is 4.90. The lowest BCUT2D eigenvalue weighted by Crippen LogP contribution is -2.01. The van der Waals surface area contributed by atoms with Gasteiger partial charge in [0.15, 0.2) is 0 Å². The van der Waals surface area contributed by atoms with E-state index in [0.717, 1.165) is 59.4 Å². The minimum Gasteiger partial charge on any atom is -0.494 e. The quantitative estimate of drug-likeness (QED) is 0.640. The molecule has 1 heterocycles. The molecule has 0 amide bonds. The highest BCUT2D eigenvalue weighted by atomic mass is 19.1. The molecular weight excluding hydrogens is 327 g/mol. The van der Waals surface area contributed by atoms with Gasteiger partial charge in [-0.05, 0) is 74.1 Å². The van der Waals surface area contributed by atoms with Crippen LogP contribution >= 0.6 is 0 Å². The van der Waals surface area contributed by atoms with E-state index in [2.05, 4.69) is 12.2 Å². The van der Waals surface area contributed by atoms with Crippen LogP contribution in [0.15, 0.2) is 36.4 Å². The van der Waals surface area contributed by atoms with Crippen molar-refractivity contribution in [1.29, 1.82) is 0 Å². The molecule has 0 radical (unpaired) electrons. The molecule has 3 aromatic rings. The number of hydrogen-bond acceptors (Lipinski definition) is 3. The zero-order chi connectivity index (χ0) is 18.1. The molecule has 0 spiro atoms. The average molecular weight is 350 g/mol. The van der Waals surface area contributed by atoms with Crippen molar-refractivity contribution in [2.75, 3.05) is 11.9 Å². The Balaban J connectivity index is 1.82. The molecule has 4 heteroatoms. The summed E-state index contributed by atoms with van der Waals surface area (Å²) >= 11 is 0. The molecule has 0 atom stereocenters. The Bertz CT molecular complexity index is 968. The van der Waals surface area contributed by atoms with Crippen molar-refractivity contribution in [3.63, 3.8) is 0 Å².